The maximum atomic E-state index is 11.2. The van der Waals surface area contributed by atoms with Gasteiger partial charge >= 0.3 is 0 Å². The van der Waals surface area contributed by atoms with E-state index in [4.69, 9.17) is 5.73 Å². The fourth-order valence-corrected chi connectivity index (χ4v) is 2.53. The maximum absolute atomic E-state index is 11.2. The van der Waals surface area contributed by atoms with Gasteiger partial charge < -0.3 is 10.7 Å². The molecular formula is C14H16N2OS. The zero-order valence-electron chi connectivity index (χ0n) is 10.5. The van der Waals surface area contributed by atoms with Crippen molar-refractivity contribution in [2.24, 2.45) is 5.73 Å². The molecule has 0 aliphatic rings. The molecule has 0 spiro atoms. The van der Waals surface area contributed by atoms with Crippen molar-refractivity contribution in [3.05, 3.63) is 41.6 Å². The van der Waals surface area contributed by atoms with Gasteiger partial charge in [0.1, 0.15) is 0 Å². The second-order valence-electron chi connectivity index (χ2n) is 4.04. The Balaban J connectivity index is 2.31. The van der Waals surface area contributed by atoms with E-state index in [2.05, 4.69) is 24.0 Å². The van der Waals surface area contributed by atoms with Gasteiger partial charge in [-0.1, -0.05) is 19.1 Å². The lowest BCUT2D eigenvalue weighted by molar-refractivity contribution is 0.1000. The second-order valence-corrected chi connectivity index (χ2v) is 5.38. The van der Waals surface area contributed by atoms with E-state index < -0.39 is 5.91 Å². The van der Waals surface area contributed by atoms with E-state index in [9.17, 15) is 4.79 Å². The molecule has 0 aliphatic heterocycles. The molecule has 3 N–H and O–H groups in total. The monoisotopic (exact) mass is 260 g/mol. The Hall–Kier alpha value is -1.68. The summed E-state index contributed by atoms with van der Waals surface area (Å²) in [7, 11) is 0. The minimum atomic E-state index is -0.395. The van der Waals surface area contributed by atoms with Gasteiger partial charge in [-0.15, -0.1) is 11.8 Å². The van der Waals surface area contributed by atoms with Crippen LogP contribution in [0.25, 0.3) is 11.3 Å². The highest BCUT2D eigenvalue weighted by molar-refractivity contribution is 7.99. The van der Waals surface area contributed by atoms with Crippen LogP contribution < -0.4 is 5.73 Å². The fraction of sp³-hybridized carbons (Fsp3) is 0.214. The number of hydrogen-bond donors (Lipinski definition) is 2. The summed E-state index contributed by atoms with van der Waals surface area (Å²) in [5.41, 5.74) is 8.66. The molecule has 2 aromatic rings. The lowest BCUT2D eigenvalue weighted by Gasteiger charge is -2.01. The van der Waals surface area contributed by atoms with Crippen molar-refractivity contribution in [1.82, 2.24) is 4.98 Å². The molecule has 1 amide bonds. The largest absolute Gasteiger partial charge is 0.366 e. The summed E-state index contributed by atoms with van der Waals surface area (Å²) in [5.74, 6) is 0.667. The Labute approximate surface area is 111 Å². The molecule has 0 atom stereocenters. The topological polar surface area (TPSA) is 58.9 Å². The molecule has 0 saturated carbocycles. The molecule has 4 heteroatoms. The van der Waals surface area contributed by atoms with E-state index in [1.165, 1.54) is 4.90 Å². The van der Waals surface area contributed by atoms with Gasteiger partial charge in [0.25, 0.3) is 5.91 Å². The molecule has 0 fully saturated rings. The number of nitrogens with two attached hydrogens (primary N) is 1. The third-order valence-electron chi connectivity index (χ3n) is 2.76. The number of thioether (sulfide) groups is 1. The molecule has 1 heterocycles. The molecule has 3 nitrogen and oxygen atoms in total. The standard InChI is InChI=1S/C14H16N2OS/c1-3-18-11-6-4-10(5-7-11)13-8-12(14(15)17)9(2)16-13/h4-8,16H,3H2,1-2H3,(H2,15,17). The number of rotatable bonds is 4. The van der Waals surface area contributed by atoms with Crippen LogP contribution in [0.2, 0.25) is 0 Å². The SMILES string of the molecule is CCSc1ccc(-c2cc(C(N)=O)c(C)[nH]2)cc1. The summed E-state index contributed by atoms with van der Waals surface area (Å²) >= 11 is 1.81. The Morgan fingerprint density at radius 3 is 2.50 bits per heavy atom. The smallest absolute Gasteiger partial charge is 0.250 e. The zero-order valence-corrected chi connectivity index (χ0v) is 11.3. The second kappa shape index (κ2) is 5.31. The van der Waals surface area contributed by atoms with E-state index in [-0.39, 0.29) is 0 Å². The Kier molecular flexibility index (Phi) is 3.77. The number of nitrogens with one attached hydrogen (secondary N) is 1. The van der Waals surface area contributed by atoms with Crippen molar-refractivity contribution in [2.75, 3.05) is 5.75 Å². The average Bonchev–Trinajstić information content (AvgIpc) is 2.73. The van der Waals surface area contributed by atoms with Crippen molar-refractivity contribution in [3.8, 4) is 11.3 Å². The quantitative estimate of drug-likeness (QED) is 0.829. The molecule has 1 aromatic carbocycles. The summed E-state index contributed by atoms with van der Waals surface area (Å²) < 4.78 is 0. The number of benzene rings is 1. The van der Waals surface area contributed by atoms with Crippen LogP contribution >= 0.6 is 11.8 Å². The third kappa shape index (κ3) is 2.59. The van der Waals surface area contributed by atoms with Crippen LogP contribution in [0.15, 0.2) is 35.2 Å². The van der Waals surface area contributed by atoms with Crippen LogP contribution in [0.5, 0.6) is 0 Å². The first-order valence-electron chi connectivity index (χ1n) is 5.84. The normalized spacial score (nSPS) is 10.6. The van der Waals surface area contributed by atoms with Gasteiger partial charge in [0.15, 0.2) is 0 Å². The Morgan fingerprint density at radius 2 is 2.00 bits per heavy atom. The highest BCUT2D eigenvalue weighted by atomic mass is 32.2. The maximum Gasteiger partial charge on any atom is 0.250 e. The molecule has 0 unspecified atom stereocenters. The summed E-state index contributed by atoms with van der Waals surface area (Å²) in [6, 6.07) is 10.1. The number of aromatic amines is 1. The van der Waals surface area contributed by atoms with Gasteiger partial charge in [-0.3, -0.25) is 4.79 Å². The lowest BCUT2D eigenvalue weighted by atomic mass is 10.1. The van der Waals surface area contributed by atoms with Gasteiger partial charge in [-0.25, -0.2) is 0 Å². The van der Waals surface area contributed by atoms with Crippen LogP contribution in [0, 0.1) is 6.92 Å². The average molecular weight is 260 g/mol. The van der Waals surface area contributed by atoms with Crippen molar-refractivity contribution in [1.29, 1.82) is 0 Å². The number of amides is 1. The summed E-state index contributed by atoms with van der Waals surface area (Å²) in [4.78, 5) is 15.6. The minimum Gasteiger partial charge on any atom is -0.366 e. The predicted octanol–water partition coefficient (Wildman–Crippen LogP) is 3.20. The summed E-state index contributed by atoms with van der Waals surface area (Å²) in [6.45, 7) is 3.98. The third-order valence-corrected chi connectivity index (χ3v) is 3.65. The van der Waals surface area contributed by atoms with Crippen molar-refractivity contribution in [3.63, 3.8) is 0 Å². The number of carbonyl (C=O) groups is 1. The molecule has 0 aliphatic carbocycles. The number of aryl methyl sites for hydroxylation is 1. The first-order chi connectivity index (χ1) is 8.61. The summed E-state index contributed by atoms with van der Waals surface area (Å²) in [5, 5.41) is 0. The molecular weight excluding hydrogens is 244 g/mol. The molecule has 18 heavy (non-hydrogen) atoms. The number of primary amides is 1. The van der Waals surface area contributed by atoms with Crippen LogP contribution in [-0.4, -0.2) is 16.6 Å². The Bertz CT molecular complexity index is 558. The number of hydrogen-bond acceptors (Lipinski definition) is 2. The molecule has 0 radical (unpaired) electrons. The molecule has 94 valence electrons. The number of aromatic nitrogens is 1. The molecule has 2 rings (SSSR count). The molecule has 0 saturated heterocycles. The number of H-pyrrole nitrogens is 1. The van der Waals surface area contributed by atoms with E-state index >= 15 is 0 Å². The van der Waals surface area contributed by atoms with Crippen molar-refractivity contribution < 1.29 is 4.79 Å². The van der Waals surface area contributed by atoms with Gasteiger partial charge in [0, 0.05) is 16.3 Å². The summed E-state index contributed by atoms with van der Waals surface area (Å²) in [6.07, 6.45) is 0. The van der Waals surface area contributed by atoms with Crippen LogP contribution in [-0.2, 0) is 0 Å². The highest BCUT2D eigenvalue weighted by Gasteiger charge is 2.10. The Morgan fingerprint density at radius 1 is 1.33 bits per heavy atom. The van der Waals surface area contributed by atoms with E-state index in [1.807, 2.05) is 30.8 Å². The first-order valence-corrected chi connectivity index (χ1v) is 6.83. The fourth-order valence-electron chi connectivity index (χ4n) is 1.87. The van der Waals surface area contributed by atoms with Gasteiger partial charge in [-0.2, -0.15) is 0 Å². The van der Waals surface area contributed by atoms with E-state index in [0.29, 0.717) is 5.56 Å². The van der Waals surface area contributed by atoms with Crippen LogP contribution in [0.4, 0.5) is 0 Å². The van der Waals surface area contributed by atoms with Gasteiger partial charge in [-0.05, 0) is 36.4 Å². The molecule has 0 bridgehead atoms. The van der Waals surface area contributed by atoms with E-state index in [1.54, 1.807) is 6.07 Å². The number of carbonyl (C=O) groups excluding carboxylic acids is 1. The predicted molar refractivity (Wildman–Crippen MR) is 75.9 cm³/mol. The zero-order chi connectivity index (χ0) is 13.1. The van der Waals surface area contributed by atoms with Crippen molar-refractivity contribution in [2.45, 2.75) is 18.7 Å². The van der Waals surface area contributed by atoms with Gasteiger partial charge in [0.05, 0.1) is 5.56 Å². The molecule has 1 aromatic heterocycles. The van der Waals surface area contributed by atoms with Gasteiger partial charge in [0.2, 0.25) is 0 Å². The van der Waals surface area contributed by atoms with Crippen molar-refractivity contribution >= 4 is 17.7 Å². The lowest BCUT2D eigenvalue weighted by Crippen LogP contribution is -2.10. The van der Waals surface area contributed by atoms with Crippen LogP contribution in [0.3, 0.4) is 0 Å². The van der Waals surface area contributed by atoms with Crippen LogP contribution in [0.1, 0.15) is 23.0 Å². The minimum absolute atomic E-state index is 0.395. The van der Waals surface area contributed by atoms with E-state index in [0.717, 1.165) is 22.7 Å². The highest BCUT2D eigenvalue weighted by Crippen LogP contribution is 2.25. The first kappa shape index (κ1) is 12.8.